The Balaban J connectivity index is 0.00000102. The molecular formula is C24H41NO7. The van der Waals surface area contributed by atoms with E-state index in [-0.39, 0.29) is 24.0 Å². The smallest absolute Gasteiger partial charge is 0.303 e. The number of hydrogen-bond acceptors (Lipinski definition) is 7. The van der Waals surface area contributed by atoms with Crippen LogP contribution in [0.3, 0.4) is 0 Å². The van der Waals surface area contributed by atoms with Crippen LogP contribution in [0.5, 0.6) is 0 Å². The number of carboxylic acids is 1. The van der Waals surface area contributed by atoms with E-state index in [0.29, 0.717) is 12.8 Å². The fourth-order valence-corrected chi connectivity index (χ4v) is 2.96. The van der Waals surface area contributed by atoms with Crippen LogP contribution < -0.4 is 5.73 Å². The summed E-state index contributed by atoms with van der Waals surface area (Å²) >= 11 is 0. The molecule has 8 nitrogen and oxygen atoms in total. The minimum atomic E-state index is -1.21. The van der Waals surface area contributed by atoms with Crippen molar-refractivity contribution in [2.75, 3.05) is 19.8 Å². The third-order valence-corrected chi connectivity index (χ3v) is 5.23. The molecule has 0 bridgehead atoms. The lowest BCUT2D eigenvalue weighted by molar-refractivity contribution is -0.137. The summed E-state index contributed by atoms with van der Waals surface area (Å²) in [5.74, 6) is -0.705. The zero-order chi connectivity index (χ0) is 24.4. The number of allylic oxidation sites excluding steroid dienone is 5. The number of hydrogen-bond donors (Lipinski definition) is 6. The van der Waals surface area contributed by atoms with Crippen molar-refractivity contribution in [3.8, 4) is 0 Å². The summed E-state index contributed by atoms with van der Waals surface area (Å²) in [5.41, 5.74) is 3.94. The van der Waals surface area contributed by atoms with E-state index < -0.39 is 37.4 Å². The van der Waals surface area contributed by atoms with Crippen molar-refractivity contribution >= 4 is 11.8 Å². The first-order valence-electron chi connectivity index (χ1n) is 11.3. The highest BCUT2D eigenvalue weighted by atomic mass is 16.4. The van der Waals surface area contributed by atoms with Crippen molar-refractivity contribution in [2.45, 2.75) is 69.9 Å². The van der Waals surface area contributed by atoms with Crippen molar-refractivity contribution in [1.29, 1.82) is 0 Å². The molecule has 1 rings (SSSR count). The largest absolute Gasteiger partial charge is 0.481 e. The standard InChI is InChI=1S/C20H30O4.C4H11NO3/c1-2-3-6-9-17(21)14-12-16-13-15-19(22)18(16)10-7-4-5-8-11-20(23)24;5-4(1-6,2-7)3-8/h4,7,12-18,21H,2-3,5-6,8-11H2,1H3,(H,23,24);6-8H,1-3,5H2/b7-4-,14-12+;/t16-,17-,18+;/m0./s1. The highest BCUT2D eigenvalue weighted by molar-refractivity contribution is 5.95. The average molecular weight is 456 g/mol. The highest BCUT2D eigenvalue weighted by Crippen LogP contribution is 2.27. The van der Waals surface area contributed by atoms with Gasteiger partial charge < -0.3 is 31.3 Å². The van der Waals surface area contributed by atoms with Gasteiger partial charge in [0.1, 0.15) is 0 Å². The van der Waals surface area contributed by atoms with Crippen LogP contribution >= 0.6 is 0 Å². The van der Waals surface area contributed by atoms with Crippen LogP contribution in [0.25, 0.3) is 0 Å². The summed E-state index contributed by atoms with van der Waals surface area (Å²) in [7, 11) is 0. The van der Waals surface area contributed by atoms with Gasteiger partial charge in [0.15, 0.2) is 5.78 Å². The molecule has 3 atom stereocenters. The molecule has 0 unspecified atom stereocenters. The molecule has 0 fully saturated rings. The van der Waals surface area contributed by atoms with E-state index in [1.165, 1.54) is 0 Å². The van der Waals surface area contributed by atoms with Gasteiger partial charge in [0, 0.05) is 18.3 Å². The predicted molar refractivity (Wildman–Crippen MR) is 124 cm³/mol. The molecule has 0 aromatic carbocycles. The second-order valence-corrected chi connectivity index (χ2v) is 8.22. The van der Waals surface area contributed by atoms with Crippen molar-refractivity contribution in [3.63, 3.8) is 0 Å². The second-order valence-electron chi connectivity index (χ2n) is 8.22. The van der Waals surface area contributed by atoms with Gasteiger partial charge >= 0.3 is 5.97 Å². The Bertz CT molecular complexity index is 603. The molecule has 7 N–H and O–H groups in total. The van der Waals surface area contributed by atoms with E-state index in [0.717, 1.165) is 32.1 Å². The van der Waals surface area contributed by atoms with E-state index in [2.05, 4.69) is 6.92 Å². The Morgan fingerprint density at radius 3 is 2.34 bits per heavy atom. The molecule has 8 heteroatoms. The van der Waals surface area contributed by atoms with Crippen LogP contribution in [-0.2, 0) is 9.59 Å². The molecule has 0 aromatic rings. The van der Waals surface area contributed by atoms with Crippen molar-refractivity contribution in [1.82, 2.24) is 0 Å². The van der Waals surface area contributed by atoms with Crippen LogP contribution in [0, 0.1) is 11.8 Å². The number of aliphatic hydroxyl groups is 4. The Hall–Kier alpha value is -1.84. The summed E-state index contributed by atoms with van der Waals surface area (Å²) in [6.07, 6.45) is 17.0. The molecule has 0 aliphatic heterocycles. The summed E-state index contributed by atoms with van der Waals surface area (Å²) in [4.78, 5) is 22.4. The number of carbonyl (C=O) groups is 2. The minimum absolute atomic E-state index is 0.0435. The Morgan fingerprint density at radius 1 is 1.16 bits per heavy atom. The van der Waals surface area contributed by atoms with Gasteiger partial charge in [-0.3, -0.25) is 9.59 Å². The van der Waals surface area contributed by atoms with E-state index in [1.807, 2.05) is 30.4 Å². The van der Waals surface area contributed by atoms with E-state index in [1.54, 1.807) is 6.08 Å². The quantitative estimate of drug-likeness (QED) is 0.161. The van der Waals surface area contributed by atoms with Crippen LogP contribution in [0.1, 0.15) is 58.3 Å². The van der Waals surface area contributed by atoms with Crippen LogP contribution in [0.2, 0.25) is 0 Å². The van der Waals surface area contributed by atoms with Crippen LogP contribution in [0.15, 0.2) is 36.5 Å². The first kappa shape index (κ1) is 30.2. The van der Waals surface area contributed by atoms with Gasteiger partial charge in [-0.25, -0.2) is 0 Å². The minimum Gasteiger partial charge on any atom is -0.481 e. The Kier molecular flexibility index (Phi) is 16.7. The molecule has 0 aromatic heterocycles. The van der Waals surface area contributed by atoms with E-state index >= 15 is 0 Å². The predicted octanol–water partition coefficient (Wildman–Crippen LogP) is 1.72. The molecule has 0 saturated carbocycles. The normalized spacial score (nSPS) is 19.5. The van der Waals surface area contributed by atoms with Gasteiger partial charge in [0.25, 0.3) is 0 Å². The fraction of sp³-hybridized carbons (Fsp3) is 0.667. The third-order valence-electron chi connectivity index (χ3n) is 5.23. The number of unbranched alkanes of at least 4 members (excludes halogenated alkanes) is 3. The van der Waals surface area contributed by atoms with E-state index in [9.17, 15) is 14.7 Å². The topological polar surface area (TPSA) is 161 Å². The summed E-state index contributed by atoms with van der Waals surface area (Å²) in [5, 5.41) is 43.5. The van der Waals surface area contributed by atoms with Crippen molar-refractivity contribution in [2.24, 2.45) is 17.6 Å². The maximum atomic E-state index is 12.0. The van der Waals surface area contributed by atoms with Gasteiger partial charge in [-0.1, -0.05) is 56.6 Å². The van der Waals surface area contributed by atoms with Crippen LogP contribution in [0.4, 0.5) is 0 Å². The van der Waals surface area contributed by atoms with Crippen LogP contribution in [-0.4, -0.2) is 68.7 Å². The molecule has 0 spiro atoms. The average Bonchev–Trinajstić information content (AvgIpc) is 3.14. The third kappa shape index (κ3) is 13.5. The van der Waals surface area contributed by atoms with E-state index in [4.69, 9.17) is 26.2 Å². The monoisotopic (exact) mass is 455 g/mol. The SMILES string of the molecule is CCCCC[C@H](O)/C=C/[C@H]1C=CC(=O)[C@@H]1C/C=C\CCCC(=O)O.NC(CO)(CO)CO. The lowest BCUT2D eigenvalue weighted by Crippen LogP contribution is -2.50. The number of nitrogens with two attached hydrogens (primary N) is 1. The van der Waals surface area contributed by atoms with Crippen molar-refractivity contribution in [3.05, 3.63) is 36.5 Å². The molecule has 0 radical (unpaired) electrons. The maximum Gasteiger partial charge on any atom is 0.303 e. The number of rotatable bonds is 15. The molecule has 1 aliphatic rings. The molecule has 0 saturated heterocycles. The second kappa shape index (κ2) is 17.7. The number of aliphatic hydroxyl groups excluding tert-OH is 4. The molecule has 0 heterocycles. The summed E-state index contributed by atoms with van der Waals surface area (Å²) in [6, 6.07) is 0. The maximum absolute atomic E-state index is 12.0. The molecule has 184 valence electrons. The summed E-state index contributed by atoms with van der Waals surface area (Å²) in [6.45, 7) is 0.928. The molecule has 32 heavy (non-hydrogen) atoms. The molecule has 1 aliphatic carbocycles. The van der Waals surface area contributed by atoms with Gasteiger partial charge in [-0.05, 0) is 31.8 Å². The highest BCUT2D eigenvalue weighted by Gasteiger charge is 2.27. The molecule has 0 amide bonds. The zero-order valence-corrected chi connectivity index (χ0v) is 19.1. The Labute approximate surface area is 191 Å². The van der Waals surface area contributed by atoms with Crippen molar-refractivity contribution < 1.29 is 35.1 Å². The van der Waals surface area contributed by atoms with Gasteiger partial charge in [-0.2, -0.15) is 0 Å². The number of aliphatic carboxylic acids is 1. The first-order valence-corrected chi connectivity index (χ1v) is 11.3. The fourth-order valence-electron chi connectivity index (χ4n) is 2.96. The number of ketones is 1. The van der Waals surface area contributed by atoms with Gasteiger partial charge in [0.05, 0.1) is 31.5 Å². The Morgan fingerprint density at radius 2 is 1.81 bits per heavy atom. The summed E-state index contributed by atoms with van der Waals surface area (Å²) < 4.78 is 0. The van der Waals surface area contributed by atoms with Gasteiger partial charge in [0.2, 0.25) is 0 Å². The lowest BCUT2D eigenvalue weighted by atomic mass is 9.90. The number of carboxylic acid groups (broad SMARTS) is 1. The lowest BCUT2D eigenvalue weighted by Gasteiger charge is -2.20. The number of carbonyl (C=O) groups excluding carboxylic acids is 1. The van der Waals surface area contributed by atoms with Gasteiger partial charge in [-0.15, -0.1) is 0 Å². The molecular weight excluding hydrogens is 414 g/mol. The zero-order valence-electron chi connectivity index (χ0n) is 19.1. The first-order chi connectivity index (χ1) is 15.2.